The molecule has 1 N–H and O–H groups in total. The van der Waals surface area contributed by atoms with Crippen LogP contribution in [0.1, 0.15) is 29.3 Å². The van der Waals surface area contributed by atoms with Crippen LogP contribution in [0.5, 0.6) is 0 Å². The van der Waals surface area contributed by atoms with E-state index < -0.39 is 5.54 Å². The summed E-state index contributed by atoms with van der Waals surface area (Å²) in [5.41, 5.74) is 0.252. The first-order valence-corrected chi connectivity index (χ1v) is 8.85. The first-order valence-electron chi connectivity index (χ1n) is 8.06. The maximum atomic E-state index is 14.4. The summed E-state index contributed by atoms with van der Waals surface area (Å²) >= 11 is 3.39. The van der Waals surface area contributed by atoms with Gasteiger partial charge in [-0.1, -0.05) is 34.1 Å². The van der Waals surface area contributed by atoms with Crippen LogP contribution < -0.4 is 5.32 Å². The fraction of sp³-hybridized carbons (Fsp3) is 0.263. The molecule has 1 aliphatic heterocycles. The largest absolute Gasteiger partial charge is 0.461 e. The van der Waals surface area contributed by atoms with Crippen LogP contribution >= 0.6 is 15.9 Å². The maximum Gasteiger partial charge on any atom is 0.292 e. The van der Waals surface area contributed by atoms with Gasteiger partial charge in [-0.25, -0.2) is 9.38 Å². The Labute approximate surface area is 153 Å². The number of fused-ring (bicyclic) bond motifs is 1. The number of carbonyl (C=O) groups is 1. The lowest BCUT2D eigenvalue weighted by molar-refractivity contribution is 0.0956. The van der Waals surface area contributed by atoms with Gasteiger partial charge in [0.2, 0.25) is 0 Å². The van der Waals surface area contributed by atoms with E-state index >= 15 is 0 Å². The summed E-state index contributed by atoms with van der Waals surface area (Å²) in [5.74, 6) is -0.500. The summed E-state index contributed by atoms with van der Waals surface area (Å²) in [4.78, 5) is 16.9. The molecule has 0 saturated heterocycles. The third kappa shape index (κ3) is 2.95. The lowest BCUT2D eigenvalue weighted by atomic mass is 9.86. The Morgan fingerprint density at radius 2 is 2.08 bits per heavy atom. The van der Waals surface area contributed by atoms with Gasteiger partial charge in [0, 0.05) is 21.5 Å². The second kappa shape index (κ2) is 5.95. The maximum absolute atomic E-state index is 14.4. The zero-order chi connectivity index (χ0) is 17.6. The lowest BCUT2D eigenvalue weighted by Crippen LogP contribution is -2.41. The van der Waals surface area contributed by atoms with Crippen molar-refractivity contribution < 1.29 is 13.9 Å². The summed E-state index contributed by atoms with van der Waals surface area (Å²) in [6.45, 7) is 1.89. The van der Waals surface area contributed by atoms with E-state index in [9.17, 15) is 9.18 Å². The lowest BCUT2D eigenvalue weighted by Gasteiger charge is -2.31. The zero-order valence-electron chi connectivity index (χ0n) is 13.5. The van der Waals surface area contributed by atoms with E-state index in [1.54, 1.807) is 36.4 Å². The van der Waals surface area contributed by atoms with Crippen molar-refractivity contribution in [2.24, 2.45) is 10.9 Å². The number of hydrogen-bond donors (Lipinski definition) is 1. The molecule has 3 atom stereocenters. The van der Waals surface area contributed by atoms with E-state index in [1.165, 1.54) is 6.07 Å². The fourth-order valence-corrected chi connectivity index (χ4v) is 3.68. The number of rotatable bonds is 2. The van der Waals surface area contributed by atoms with Crippen LogP contribution in [0, 0.1) is 11.7 Å². The molecule has 128 valence electrons. The van der Waals surface area contributed by atoms with E-state index in [-0.39, 0.29) is 29.8 Å². The number of halogens is 2. The number of nitrogens with zero attached hydrogens (tertiary/aromatic N) is 1. The number of carbonyl (C=O) groups excluding carboxylic acids is 1. The van der Waals surface area contributed by atoms with E-state index in [0.29, 0.717) is 11.1 Å². The van der Waals surface area contributed by atoms with Crippen LogP contribution in [0.3, 0.4) is 0 Å². The minimum atomic E-state index is -0.768. The van der Waals surface area contributed by atoms with Crippen molar-refractivity contribution in [2.75, 3.05) is 0 Å². The Bertz CT molecular complexity index is 871. The SMILES string of the molecule is C[C@@]1(c2cc(Br)ccc2F)N=C(NC(=O)c2ccccc2)OC2C[C@H]21. The topological polar surface area (TPSA) is 50.7 Å². The molecule has 1 amide bonds. The first-order chi connectivity index (χ1) is 12.0. The van der Waals surface area contributed by atoms with Gasteiger partial charge in [0.15, 0.2) is 0 Å². The van der Waals surface area contributed by atoms with Gasteiger partial charge in [0.1, 0.15) is 11.9 Å². The van der Waals surface area contributed by atoms with Crippen LogP contribution in [0.4, 0.5) is 4.39 Å². The van der Waals surface area contributed by atoms with Crippen LogP contribution in [-0.4, -0.2) is 18.0 Å². The molecule has 4 rings (SSSR count). The fourth-order valence-electron chi connectivity index (χ4n) is 3.32. The minimum Gasteiger partial charge on any atom is -0.461 e. The quantitative estimate of drug-likeness (QED) is 0.824. The van der Waals surface area contributed by atoms with Gasteiger partial charge >= 0.3 is 0 Å². The molecule has 25 heavy (non-hydrogen) atoms. The molecule has 1 saturated carbocycles. The van der Waals surface area contributed by atoms with Gasteiger partial charge in [-0.05, 0) is 43.7 Å². The molecule has 0 aromatic heterocycles. The number of benzene rings is 2. The molecular weight excluding hydrogens is 387 g/mol. The molecule has 1 heterocycles. The predicted molar refractivity (Wildman–Crippen MR) is 95.8 cm³/mol. The molecule has 2 aliphatic rings. The Balaban J connectivity index is 1.66. The van der Waals surface area contributed by atoms with Crippen molar-refractivity contribution >= 4 is 27.9 Å². The molecule has 0 radical (unpaired) electrons. The van der Waals surface area contributed by atoms with Gasteiger partial charge < -0.3 is 4.74 Å². The first kappa shape index (κ1) is 16.3. The average molecular weight is 403 g/mol. The summed E-state index contributed by atoms with van der Waals surface area (Å²) in [7, 11) is 0. The van der Waals surface area contributed by atoms with Crippen LogP contribution in [-0.2, 0) is 10.3 Å². The third-order valence-corrected chi connectivity index (χ3v) is 5.27. The highest BCUT2D eigenvalue weighted by molar-refractivity contribution is 9.10. The molecule has 2 aromatic carbocycles. The van der Waals surface area contributed by atoms with E-state index in [0.717, 1.165) is 10.9 Å². The van der Waals surface area contributed by atoms with Crippen LogP contribution in [0.25, 0.3) is 0 Å². The van der Waals surface area contributed by atoms with Crippen LogP contribution in [0.2, 0.25) is 0 Å². The standard InChI is InChI=1S/C19H16BrFN2O2/c1-19(13-9-12(20)7-8-15(13)21)14-10-16(14)25-18(23-19)22-17(24)11-5-3-2-4-6-11/h2-9,14,16H,10H2,1H3,(H,22,23,24)/t14-,16?,19+/m1/s1. The highest BCUT2D eigenvalue weighted by Crippen LogP contribution is 2.53. The number of aliphatic imine (C=N–C) groups is 1. The Morgan fingerprint density at radius 1 is 1.32 bits per heavy atom. The van der Waals surface area contributed by atoms with E-state index in [1.807, 2.05) is 13.0 Å². The number of amidine groups is 1. The van der Waals surface area contributed by atoms with E-state index in [4.69, 9.17) is 4.74 Å². The average Bonchev–Trinajstić information content (AvgIpc) is 3.38. The molecule has 4 nitrogen and oxygen atoms in total. The molecule has 1 aliphatic carbocycles. The van der Waals surface area contributed by atoms with Gasteiger partial charge in [-0.3, -0.25) is 10.1 Å². The van der Waals surface area contributed by atoms with Crippen molar-refractivity contribution in [1.82, 2.24) is 5.32 Å². The van der Waals surface area contributed by atoms with Crippen molar-refractivity contribution in [2.45, 2.75) is 25.0 Å². The smallest absolute Gasteiger partial charge is 0.292 e. The molecule has 1 unspecified atom stereocenters. The van der Waals surface area contributed by atoms with Crippen molar-refractivity contribution in [3.63, 3.8) is 0 Å². The molecule has 1 fully saturated rings. The third-order valence-electron chi connectivity index (χ3n) is 4.78. The number of hydrogen-bond acceptors (Lipinski definition) is 3. The normalized spacial score (nSPS) is 26.9. The van der Waals surface area contributed by atoms with Gasteiger partial charge in [-0.15, -0.1) is 0 Å². The number of nitrogens with one attached hydrogen (secondary N) is 1. The van der Waals surface area contributed by atoms with Crippen LogP contribution in [0.15, 0.2) is 58.0 Å². The molecule has 2 aromatic rings. The monoisotopic (exact) mass is 402 g/mol. The van der Waals surface area contributed by atoms with Crippen molar-refractivity contribution in [3.05, 3.63) is 69.9 Å². The highest BCUT2D eigenvalue weighted by Gasteiger charge is 2.57. The van der Waals surface area contributed by atoms with E-state index in [2.05, 4.69) is 26.2 Å². The van der Waals surface area contributed by atoms with Gasteiger partial charge in [-0.2, -0.15) is 0 Å². The highest BCUT2D eigenvalue weighted by atomic mass is 79.9. The van der Waals surface area contributed by atoms with Gasteiger partial charge in [0.25, 0.3) is 11.9 Å². The molecule has 0 spiro atoms. The molecule has 6 heteroatoms. The summed E-state index contributed by atoms with van der Waals surface area (Å²) in [6.07, 6.45) is 0.739. The van der Waals surface area contributed by atoms with Crippen molar-refractivity contribution in [1.29, 1.82) is 0 Å². The van der Waals surface area contributed by atoms with Crippen molar-refractivity contribution in [3.8, 4) is 0 Å². The zero-order valence-corrected chi connectivity index (χ0v) is 15.1. The summed E-state index contributed by atoms with van der Waals surface area (Å²) < 4.78 is 20.9. The Kier molecular flexibility index (Phi) is 3.87. The summed E-state index contributed by atoms with van der Waals surface area (Å²) in [5, 5.41) is 2.71. The second-order valence-electron chi connectivity index (χ2n) is 6.51. The summed E-state index contributed by atoms with van der Waals surface area (Å²) in [6, 6.07) is 13.8. The van der Waals surface area contributed by atoms with Gasteiger partial charge in [0.05, 0.1) is 5.54 Å². The Hall–Kier alpha value is -2.21. The Morgan fingerprint density at radius 3 is 2.84 bits per heavy atom. The minimum absolute atomic E-state index is 0.0491. The number of amides is 1. The second-order valence-corrected chi connectivity index (χ2v) is 7.42. The number of ether oxygens (including phenoxy) is 1. The molecular formula is C19H16BrFN2O2. The molecule has 0 bridgehead atoms. The predicted octanol–water partition coefficient (Wildman–Crippen LogP) is 4.01.